The number of ether oxygens (including phenoxy) is 7. The van der Waals surface area contributed by atoms with Crippen LogP contribution in [0.3, 0.4) is 0 Å². The molecule has 11 nitrogen and oxygen atoms in total. The van der Waals surface area contributed by atoms with Gasteiger partial charge in [-0.25, -0.2) is 19.2 Å². The monoisotopic (exact) mass is 422 g/mol. The fraction of sp³-hybridized carbons (Fsp3) is 0.778. The molecule has 0 unspecified atom stereocenters. The summed E-state index contributed by atoms with van der Waals surface area (Å²) < 4.78 is 33.7. The summed E-state index contributed by atoms with van der Waals surface area (Å²) in [6.07, 6.45) is -2.89. The standard InChI is InChI=1S/C18H30O11/c1-5-7-24-15(19)13(3)28-17(21)26-11-9-23-10-12-27-18(22)29-14(4)16(20)25-8-6-2/h13-14H,5-12H2,1-4H3/t13-,14-/m0/s1. The van der Waals surface area contributed by atoms with Crippen molar-refractivity contribution in [1.29, 1.82) is 0 Å². The van der Waals surface area contributed by atoms with Crippen LogP contribution in [0.15, 0.2) is 0 Å². The Hall–Kier alpha value is -2.56. The third-order valence-corrected chi connectivity index (χ3v) is 3.00. The molecule has 0 heterocycles. The molecule has 0 aliphatic heterocycles. The van der Waals surface area contributed by atoms with Crippen molar-refractivity contribution in [2.45, 2.75) is 52.7 Å². The van der Waals surface area contributed by atoms with Crippen LogP contribution in [0.25, 0.3) is 0 Å². The molecule has 0 saturated carbocycles. The minimum atomic E-state index is -1.07. The van der Waals surface area contributed by atoms with E-state index in [4.69, 9.17) is 33.2 Å². The lowest BCUT2D eigenvalue weighted by Gasteiger charge is -2.13. The van der Waals surface area contributed by atoms with E-state index in [0.29, 0.717) is 12.8 Å². The van der Waals surface area contributed by atoms with Gasteiger partial charge >= 0.3 is 24.2 Å². The predicted octanol–water partition coefficient (Wildman–Crippen LogP) is 1.99. The van der Waals surface area contributed by atoms with Crippen molar-refractivity contribution >= 4 is 24.2 Å². The minimum absolute atomic E-state index is 0.0158. The van der Waals surface area contributed by atoms with Gasteiger partial charge in [0.1, 0.15) is 13.2 Å². The normalized spacial score (nSPS) is 12.3. The summed E-state index contributed by atoms with van der Waals surface area (Å²) in [5, 5.41) is 0. The average Bonchev–Trinajstić information content (AvgIpc) is 2.68. The van der Waals surface area contributed by atoms with Gasteiger partial charge in [-0.3, -0.25) is 0 Å². The Morgan fingerprint density at radius 1 is 0.586 bits per heavy atom. The molecule has 0 bridgehead atoms. The number of esters is 2. The molecule has 0 aromatic rings. The van der Waals surface area contributed by atoms with Gasteiger partial charge in [-0.2, -0.15) is 0 Å². The van der Waals surface area contributed by atoms with Crippen molar-refractivity contribution in [3.05, 3.63) is 0 Å². The molecule has 168 valence electrons. The molecular weight excluding hydrogens is 392 g/mol. The highest BCUT2D eigenvalue weighted by Gasteiger charge is 2.20. The number of carbonyl (C=O) groups is 4. The van der Waals surface area contributed by atoms with Crippen LogP contribution < -0.4 is 0 Å². The second-order valence-electron chi connectivity index (χ2n) is 5.66. The van der Waals surface area contributed by atoms with Gasteiger partial charge in [0.25, 0.3) is 0 Å². The first kappa shape index (κ1) is 26.4. The first-order valence-corrected chi connectivity index (χ1v) is 9.39. The first-order valence-electron chi connectivity index (χ1n) is 9.39. The lowest BCUT2D eigenvalue weighted by molar-refractivity contribution is -0.154. The molecule has 0 fully saturated rings. The highest BCUT2D eigenvalue weighted by Crippen LogP contribution is 2.00. The van der Waals surface area contributed by atoms with Crippen LogP contribution in [0.2, 0.25) is 0 Å². The lowest BCUT2D eigenvalue weighted by atomic mass is 10.4. The minimum Gasteiger partial charge on any atom is -0.463 e. The maximum absolute atomic E-state index is 11.4. The second-order valence-corrected chi connectivity index (χ2v) is 5.66. The van der Waals surface area contributed by atoms with Crippen LogP contribution in [0.4, 0.5) is 9.59 Å². The van der Waals surface area contributed by atoms with Crippen LogP contribution in [0, 0.1) is 0 Å². The molecule has 0 rings (SSSR count). The van der Waals surface area contributed by atoms with Gasteiger partial charge in [0, 0.05) is 0 Å². The summed E-state index contributed by atoms with van der Waals surface area (Å²) in [5.74, 6) is -1.31. The van der Waals surface area contributed by atoms with E-state index >= 15 is 0 Å². The van der Waals surface area contributed by atoms with E-state index in [2.05, 4.69) is 0 Å². The fourth-order valence-electron chi connectivity index (χ4n) is 1.56. The zero-order chi connectivity index (χ0) is 22.1. The van der Waals surface area contributed by atoms with Crippen LogP contribution in [-0.4, -0.2) is 76.1 Å². The molecule has 0 N–H and O–H groups in total. The van der Waals surface area contributed by atoms with E-state index in [9.17, 15) is 19.2 Å². The molecule has 0 radical (unpaired) electrons. The molecule has 0 amide bonds. The van der Waals surface area contributed by atoms with E-state index < -0.39 is 36.5 Å². The Morgan fingerprint density at radius 3 is 1.31 bits per heavy atom. The Kier molecular flexibility index (Phi) is 15.0. The number of carbonyl (C=O) groups excluding carboxylic acids is 4. The van der Waals surface area contributed by atoms with Gasteiger partial charge in [-0.15, -0.1) is 0 Å². The Morgan fingerprint density at radius 2 is 0.966 bits per heavy atom. The third-order valence-electron chi connectivity index (χ3n) is 3.00. The van der Waals surface area contributed by atoms with E-state index in [-0.39, 0.29) is 39.6 Å². The number of hydrogen-bond donors (Lipinski definition) is 0. The maximum Gasteiger partial charge on any atom is 0.509 e. The third kappa shape index (κ3) is 14.1. The van der Waals surface area contributed by atoms with Crippen LogP contribution >= 0.6 is 0 Å². The predicted molar refractivity (Wildman–Crippen MR) is 97.1 cm³/mol. The summed E-state index contributed by atoms with van der Waals surface area (Å²) in [6, 6.07) is 0. The summed E-state index contributed by atoms with van der Waals surface area (Å²) >= 11 is 0. The Balaban J connectivity index is 3.71. The Bertz CT molecular complexity index is 462. The average molecular weight is 422 g/mol. The molecule has 29 heavy (non-hydrogen) atoms. The van der Waals surface area contributed by atoms with E-state index in [1.807, 2.05) is 13.8 Å². The molecule has 0 aromatic carbocycles. The SMILES string of the molecule is CCCOC(=O)[C@H](C)OC(=O)OCCOCCOC(=O)O[C@@H](C)C(=O)OCCC. The largest absolute Gasteiger partial charge is 0.509 e. The molecule has 0 aliphatic rings. The van der Waals surface area contributed by atoms with Crippen molar-refractivity contribution in [2.24, 2.45) is 0 Å². The molecular formula is C18H30O11. The molecule has 0 spiro atoms. The van der Waals surface area contributed by atoms with Gasteiger partial charge < -0.3 is 33.2 Å². The topological polar surface area (TPSA) is 133 Å². The van der Waals surface area contributed by atoms with Crippen LogP contribution in [-0.2, 0) is 42.7 Å². The molecule has 0 saturated heterocycles. The zero-order valence-electron chi connectivity index (χ0n) is 17.3. The van der Waals surface area contributed by atoms with Gasteiger partial charge in [-0.1, -0.05) is 13.8 Å². The van der Waals surface area contributed by atoms with Crippen molar-refractivity contribution in [3.63, 3.8) is 0 Å². The van der Waals surface area contributed by atoms with Gasteiger partial charge in [0.15, 0.2) is 12.2 Å². The molecule has 11 heteroatoms. The van der Waals surface area contributed by atoms with Crippen LogP contribution in [0.1, 0.15) is 40.5 Å². The second kappa shape index (κ2) is 16.4. The van der Waals surface area contributed by atoms with E-state index in [1.54, 1.807) is 0 Å². The van der Waals surface area contributed by atoms with Crippen LogP contribution in [0.5, 0.6) is 0 Å². The number of rotatable bonds is 14. The summed E-state index contributed by atoms with van der Waals surface area (Å²) in [7, 11) is 0. The first-order chi connectivity index (χ1) is 13.8. The summed E-state index contributed by atoms with van der Waals surface area (Å²) in [5.41, 5.74) is 0. The van der Waals surface area contributed by atoms with Gasteiger partial charge in [-0.05, 0) is 26.7 Å². The molecule has 0 aliphatic carbocycles. The van der Waals surface area contributed by atoms with Gasteiger partial charge in [0.2, 0.25) is 0 Å². The molecule has 0 aromatic heterocycles. The summed E-state index contributed by atoms with van der Waals surface area (Å²) in [4.78, 5) is 45.7. The number of hydrogen-bond acceptors (Lipinski definition) is 11. The lowest BCUT2D eigenvalue weighted by Crippen LogP contribution is -2.28. The van der Waals surface area contributed by atoms with Crippen molar-refractivity contribution in [1.82, 2.24) is 0 Å². The van der Waals surface area contributed by atoms with Crippen molar-refractivity contribution in [2.75, 3.05) is 39.6 Å². The fourth-order valence-corrected chi connectivity index (χ4v) is 1.56. The van der Waals surface area contributed by atoms with Crippen molar-refractivity contribution in [3.8, 4) is 0 Å². The highest BCUT2D eigenvalue weighted by atomic mass is 16.7. The maximum atomic E-state index is 11.4. The quantitative estimate of drug-likeness (QED) is 0.231. The highest BCUT2D eigenvalue weighted by molar-refractivity contribution is 5.77. The Labute approximate surface area is 169 Å². The summed E-state index contributed by atoms with van der Waals surface area (Å²) in [6.45, 7) is 6.69. The van der Waals surface area contributed by atoms with E-state index in [1.165, 1.54) is 13.8 Å². The molecule has 2 atom stereocenters. The smallest absolute Gasteiger partial charge is 0.463 e. The van der Waals surface area contributed by atoms with Crippen molar-refractivity contribution < 1.29 is 52.3 Å². The zero-order valence-corrected chi connectivity index (χ0v) is 17.3. The van der Waals surface area contributed by atoms with Gasteiger partial charge in [0.05, 0.1) is 26.4 Å². The van der Waals surface area contributed by atoms with E-state index in [0.717, 1.165) is 0 Å².